The molecule has 0 unspecified atom stereocenters. The van der Waals surface area contributed by atoms with Crippen molar-refractivity contribution in [2.24, 2.45) is 0 Å². The maximum absolute atomic E-state index is 12.6. The molecule has 1 heterocycles. The molecule has 8 heteroatoms. The molecule has 2 N–H and O–H groups in total. The van der Waals surface area contributed by atoms with Crippen LogP contribution in [0, 0.1) is 0 Å². The quantitative estimate of drug-likeness (QED) is 0.627. The van der Waals surface area contributed by atoms with Crippen LogP contribution in [0.3, 0.4) is 0 Å². The molecule has 1 saturated carbocycles. The molecule has 1 aromatic rings. The highest BCUT2D eigenvalue weighted by atomic mass is 79.9. The van der Waals surface area contributed by atoms with E-state index in [1.165, 1.54) is 34.6 Å². The molecule has 118 valence electrons. The molecule has 0 atom stereocenters. The lowest BCUT2D eigenvalue weighted by Gasteiger charge is -2.19. The monoisotopic (exact) mass is 394 g/mol. The Morgan fingerprint density at radius 2 is 2.29 bits per heavy atom. The standard InChI is InChI=1S/C13H19BrN2O3S2/c1-2-5-16(6-7-17)21(18,19)12-8-11(20-13(12)14)9-15-10-3-4-10/h2,8,10,15,17H,1,3-7,9H2. The van der Waals surface area contributed by atoms with Crippen LogP contribution in [0.25, 0.3) is 0 Å². The minimum absolute atomic E-state index is 0.0618. The van der Waals surface area contributed by atoms with E-state index >= 15 is 0 Å². The van der Waals surface area contributed by atoms with E-state index in [1.807, 2.05) is 0 Å². The number of rotatable bonds is 9. The van der Waals surface area contributed by atoms with E-state index in [0.717, 1.165) is 4.88 Å². The second-order valence-electron chi connectivity index (χ2n) is 4.88. The zero-order chi connectivity index (χ0) is 15.5. The lowest BCUT2D eigenvalue weighted by Crippen LogP contribution is -2.33. The number of aliphatic hydroxyl groups is 1. The minimum atomic E-state index is -3.62. The van der Waals surface area contributed by atoms with Crippen LogP contribution >= 0.6 is 27.3 Å². The first-order chi connectivity index (χ1) is 9.98. The van der Waals surface area contributed by atoms with Crippen LogP contribution in [-0.4, -0.2) is 43.6 Å². The van der Waals surface area contributed by atoms with Gasteiger partial charge in [0.25, 0.3) is 0 Å². The third kappa shape index (κ3) is 4.37. The summed E-state index contributed by atoms with van der Waals surface area (Å²) in [6, 6.07) is 2.28. The predicted octanol–water partition coefficient (Wildman–Crippen LogP) is 1.93. The number of aliphatic hydroxyl groups excluding tert-OH is 1. The number of halogens is 1. The average Bonchev–Trinajstić information content (AvgIpc) is 3.18. The molecule has 1 aliphatic rings. The summed E-state index contributed by atoms with van der Waals surface area (Å²) >= 11 is 4.77. The zero-order valence-electron chi connectivity index (χ0n) is 11.6. The van der Waals surface area contributed by atoms with Crippen molar-refractivity contribution in [3.63, 3.8) is 0 Å². The molecular weight excluding hydrogens is 376 g/mol. The van der Waals surface area contributed by atoms with Crippen molar-refractivity contribution in [1.29, 1.82) is 0 Å². The van der Waals surface area contributed by atoms with Gasteiger partial charge < -0.3 is 10.4 Å². The third-order valence-electron chi connectivity index (χ3n) is 3.15. The van der Waals surface area contributed by atoms with Crippen LogP contribution in [0.5, 0.6) is 0 Å². The van der Waals surface area contributed by atoms with Gasteiger partial charge in [0.1, 0.15) is 4.90 Å². The van der Waals surface area contributed by atoms with E-state index in [4.69, 9.17) is 5.11 Å². The van der Waals surface area contributed by atoms with Crippen molar-refractivity contribution >= 4 is 37.3 Å². The topological polar surface area (TPSA) is 69.6 Å². The van der Waals surface area contributed by atoms with Gasteiger partial charge in [0.2, 0.25) is 10.0 Å². The SMILES string of the molecule is C=CCN(CCO)S(=O)(=O)c1cc(CNC2CC2)sc1Br. The molecule has 0 bridgehead atoms. The van der Waals surface area contributed by atoms with Crippen molar-refractivity contribution in [3.05, 3.63) is 27.4 Å². The number of nitrogens with one attached hydrogen (secondary N) is 1. The van der Waals surface area contributed by atoms with Gasteiger partial charge in [-0.3, -0.25) is 0 Å². The fraction of sp³-hybridized carbons (Fsp3) is 0.538. The van der Waals surface area contributed by atoms with Crippen molar-refractivity contribution in [2.45, 2.75) is 30.3 Å². The molecular formula is C13H19BrN2O3S2. The van der Waals surface area contributed by atoms with Crippen molar-refractivity contribution in [1.82, 2.24) is 9.62 Å². The molecule has 21 heavy (non-hydrogen) atoms. The Labute approximate surface area is 137 Å². The first-order valence-corrected chi connectivity index (χ1v) is 9.77. The lowest BCUT2D eigenvalue weighted by molar-refractivity contribution is 0.260. The lowest BCUT2D eigenvalue weighted by atomic mass is 10.4. The first kappa shape index (κ1) is 17.1. The summed E-state index contributed by atoms with van der Waals surface area (Å²) in [7, 11) is -3.62. The van der Waals surface area contributed by atoms with Crippen molar-refractivity contribution in [2.75, 3.05) is 19.7 Å². The first-order valence-electron chi connectivity index (χ1n) is 6.72. The highest BCUT2D eigenvalue weighted by Crippen LogP contribution is 2.34. The van der Waals surface area contributed by atoms with Gasteiger partial charge >= 0.3 is 0 Å². The summed E-state index contributed by atoms with van der Waals surface area (Å²) in [6.45, 7) is 4.28. The second-order valence-corrected chi connectivity index (χ2v) is 9.24. The maximum Gasteiger partial charge on any atom is 0.245 e. The van der Waals surface area contributed by atoms with E-state index in [1.54, 1.807) is 6.07 Å². The van der Waals surface area contributed by atoms with Gasteiger partial charge in [0.05, 0.1) is 10.4 Å². The smallest absolute Gasteiger partial charge is 0.245 e. The molecule has 0 amide bonds. The zero-order valence-corrected chi connectivity index (χ0v) is 14.8. The van der Waals surface area contributed by atoms with Crippen LogP contribution in [0.2, 0.25) is 0 Å². The van der Waals surface area contributed by atoms with Gasteiger partial charge in [-0.05, 0) is 34.8 Å². The number of thiophene rings is 1. The molecule has 0 spiro atoms. The van der Waals surface area contributed by atoms with Crippen LogP contribution in [0.15, 0.2) is 27.4 Å². The summed E-state index contributed by atoms with van der Waals surface area (Å²) in [4.78, 5) is 1.24. The minimum Gasteiger partial charge on any atom is -0.395 e. The number of nitrogens with zero attached hydrogens (tertiary/aromatic N) is 1. The van der Waals surface area contributed by atoms with Gasteiger partial charge in [-0.2, -0.15) is 4.31 Å². The summed E-state index contributed by atoms with van der Waals surface area (Å²) in [5.41, 5.74) is 0. The number of sulfonamides is 1. The van der Waals surface area contributed by atoms with Gasteiger partial charge in [-0.25, -0.2) is 8.42 Å². The Morgan fingerprint density at radius 1 is 1.57 bits per heavy atom. The third-order valence-corrected chi connectivity index (χ3v) is 7.27. The number of hydrogen-bond donors (Lipinski definition) is 2. The fourth-order valence-electron chi connectivity index (χ4n) is 1.90. The Bertz CT molecular complexity index is 597. The summed E-state index contributed by atoms with van der Waals surface area (Å²) in [6.07, 6.45) is 3.91. The molecule has 1 aromatic heterocycles. The Balaban J connectivity index is 2.18. The highest BCUT2D eigenvalue weighted by molar-refractivity contribution is 9.11. The summed E-state index contributed by atoms with van der Waals surface area (Å²) in [5, 5.41) is 12.4. The predicted molar refractivity (Wildman–Crippen MR) is 87.9 cm³/mol. The van der Waals surface area contributed by atoms with E-state index in [-0.39, 0.29) is 24.6 Å². The Kier molecular flexibility index (Phi) is 5.98. The van der Waals surface area contributed by atoms with E-state index in [2.05, 4.69) is 27.8 Å². The molecule has 1 aliphatic carbocycles. The van der Waals surface area contributed by atoms with E-state index < -0.39 is 10.0 Å². The fourth-order valence-corrected chi connectivity index (χ4v) is 5.88. The van der Waals surface area contributed by atoms with Crippen LogP contribution < -0.4 is 5.32 Å². The summed E-state index contributed by atoms with van der Waals surface area (Å²) in [5.74, 6) is 0. The molecule has 0 aromatic carbocycles. The highest BCUT2D eigenvalue weighted by Gasteiger charge is 2.28. The second kappa shape index (κ2) is 7.34. The number of hydrogen-bond acceptors (Lipinski definition) is 5. The van der Waals surface area contributed by atoms with Gasteiger partial charge in [0.15, 0.2) is 0 Å². The van der Waals surface area contributed by atoms with Crippen LogP contribution in [0.4, 0.5) is 0 Å². The average molecular weight is 395 g/mol. The Hall–Kier alpha value is -0.250. The van der Waals surface area contributed by atoms with Gasteiger partial charge in [0, 0.05) is 30.6 Å². The molecule has 2 rings (SSSR count). The maximum atomic E-state index is 12.6. The van der Waals surface area contributed by atoms with Gasteiger partial charge in [-0.15, -0.1) is 17.9 Å². The van der Waals surface area contributed by atoms with Crippen molar-refractivity contribution in [3.8, 4) is 0 Å². The Morgan fingerprint density at radius 3 is 2.86 bits per heavy atom. The molecule has 5 nitrogen and oxygen atoms in total. The molecule has 1 fully saturated rings. The largest absolute Gasteiger partial charge is 0.395 e. The normalized spacial score (nSPS) is 15.6. The molecule has 0 saturated heterocycles. The van der Waals surface area contributed by atoms with Crippen LogP contribution in [-0.2, 0) is 16.6 Å². The summed E-state index contributed by atoms with van der Waals surface area (Å²) < 4.78 is 27.1. The molecule has 0 radical (unpaired) electrons. The van der Waals surface area contributed by atoms with E-state index in [0.29, 0.717) is 16.4 Å². The van der Waals surface area contributed by atoms with E-state index in [9.17, 15) is 8.42 Å². The van der Waals surface area contributed by atoms with Crippen LogP contribution in [0.1, 0.15) is 17.7 Å². The van der Waals surface area contributed by atoms with Gasteiger partial charge in [-0.1, -0.05) is 6.08 Å². The van der Waals surface area contributed by atoms with Crippen molar-refractivity contribution < 1.29 is 13.5 Å². The molecule has 0 aliphatic heterocycles.